The van der Waals surface area contributed by atoms with Gasteiger partial charge in [0, 0.05) is 3.57 Å². The van der Waals surface area contributed by atoms with Crippen molar-refractivity contribution in [2.24, 2.45) is 0 Å². The average molecular weight is 423 g/mol. The van der Waals surface area contributed by atoms with Crippen LogP contribution in [0.4, 0.5) is 5.00 Å². The summed E-state index contributed by atoms with van der Waals surface area (Å²) in [5.41, 5.74) is 0.201. The molecule has 1 heterocycles. The first-order valence-electron chi connectivity index (χ1n) is 5.38. The molecule has 0 amide bonds. The molecule has 1 N–H and O–H groups in total. The second-order valence-electron chi connectivity index (χ2n) is 3.72. The zero-order valence-corrected chi connectivity index (χ0v) is 14.1. The molecule has 0 fully saturated rings. The summed E-state index contributed by atoms with van der Waals surface area (Å²) in [4.78, 5) is 11.7. The first-order valence-corrected chi connectivity index (χ1v) is 8.82. The Morgan fingerprint density at radius 2 is 2.10 bits per heavy atom. The highest BCUT2D eigenvalue weighted by Crippen LogP contribution is 2.27. The number of sulfonamides is 1. The number of nitrogens with one attached hydrogen (secondary N) is 1. The third-order valence-corrected chi connectivity index (χ3v) is 5.38. The van der Waals surface area contributed by atoms with Gasteiger partial charge in [0.2, 0.25) is 0 Å². The van der Waals surface area contributed by atoms with Gasteiger partial charge in [0.25, 0.3) is 10.0 Å². The lowest BCUT2D eigenvalue weighted by Gasteiger charge is -2.08. The van der Waals surface area contributed by atoms with Gasteiger partial charge in [-0.2, -0.15) is 0 Å². The molecule has 20 heavy (non-hydrogen) atoms. The van der Waals surface area contributed by atoms with Crippen molar-refractivity contribution in [3.8, 4) is 0 Å². The van der Waals surface area contributed by atoms with Gasteiger partial charge in [0.05, 0.1) is 17.6 Å². The van der Waals surface area contributed by atoms with E-state index in [-0.39, 0.29) is 15.5 Å². The highest BCUT2D eigenvalue weighted by Gasteiger charge is 2.20. The van der Waals surface area contributed by atoms with E-state index in [1.165, 1.54) is 19.2 Å². The maximum absolute atomic E-state index is 12.3. The van der Waals surface area contributed by atoms with E-state index in [9.17, 15) is 13.2 Å². The molecule has 5 nitrogen and oxygen atoms in total. The molecule has 0 radical (unpaired) electrons. The van der Waals surface area contributed by atoms with Crippen molar-refractivity contribution in [3.63, 3.8) is 0 Å². The zero-order valence-electron chi connectivity index (χ0n) is 10.3. The van der Waals surface area contributed by atoms with Crippen molar-refractivity contribution in [1.29, 1.82) is 0 Å². The van der Waals surface area contributed by atoms with Crippen molar-refractivity contribution >= 4 is 54.9 Å². The van der Waals surface area contributed by atoms with Gasteiger partial charge in [0.15, 0.2) is 0 Å². The normalized spacial score (nSPS) is 11.1. The van der Waals surface area contributed by atoms with Crippen LogP contribution in [0, 0.1) is 3.57 Å². The number of ether oxygens (including phenoxy) is 1. The van der Waals surface area contributed by atoms with Gasteiger partial charge >= 0.3 is 5.97 Å². The minimum atomic E-state index is -3.72. The smallest absolute Gasteiger partial charge is 0.340 e. The molecule has 0 aliphatic rings. The van der Waals surface area contributed by atoms with Crippen LogP contribution in [0.2, 0.25) is 0 Å². The first kappa shape index (κ1) is 15.3. The Labute approximate surface area is 134 Å². The van der Waals surface area contributed by atoms with Crippen LogP contribution in [0.1, 0.15) is 10.4 Å². The van der Waals surface area contributed by atoms with Crippen LogP contribution in [0.3, 0.4) is 0 Å². The molecule has 1 aromatic carbocycles. The number of hydrogen-bond acceptors (Lipinski definition) is 5. The Morgan fingerprint density at radius 1 is 1.35 bits per heavy atom. The average Bonchev–Trinajstić information content (AvgIpc) is 2.85. The molecule has 8 heteroatoms. The molecule has 0 bridgehead atoms. The maximum Gasteiger partial charge on any atom is 0.340 e. The summed E-state index contributed by atoms with van der Waals surface area (Å²) in [5.74, 6) is -0.577. The van der Waals surface area contributed by atoms with Gasteiger partial charge in [-0.3, -0.25) is 4.72 Å². The largest absolute Gasteiger partial charge is 0.465 e. The lowest BCUT2D eigenvalue weighted by molar-refractivity contribution is 0.0602. The van der Waals surface area contributed by atoms with Crippen LogP contribution in [0.5, 0.6) is 0 Å². The number of carbonyl (C=O) groups excluding carboxylic acids is 1. The number of anilines is 1. The number of hydrogen-bond donors (Lipinski definition) is 1. The summed E-state index contributed by atoms with van der Waals surface area (Å²) in [5, 5.41) is 1.87. The number of halogens is 1. The van der Waals surface area contributed by atoms with Gasteiger partial charge in [-0.05, 0) is 52.2 Å². The monoisotopic (exact) mass is 423 g/mol. The second-order valence-corrected chi connectivity index (χ2v) is 7.56. The van der Waals surface area contributed by atoms with Crippen LogP contribution >= 0.6 is 33.9 Å². The predicted molar refractivity (Wildman–Crippen MR) is 85.6 cm³/mol. The van der Waals surface area contributed by atoms with E-state index >= 15 is 0 Å². The maximum atomic E-state index is 12.3. The molecule has 0 aliphatic carbocycles. The minimum Gasteiger partial charge on any atom is -0.465 e. The van der Waals surface area contributed by atoms with Gasteiger partial charge in [-0.1, -0.05) is 6.07 Å². The van der Waals surface area contributed by atoms with E-state index in [4.69, 9.17) is 0 Å². The van der Waals surface area contributed by atoms with Gasteiger partial charge in [-0.25, -0.2) is 13.2 Å². The molecule has 0 saturated heterocycles. The second kappa shape index (κ2) is 6.10. The van der Waals surface area contributed by atoms with Crippen LogP contribution in [-0.4, -0.2) is 21.5 Å². The predicted octanol–water partition coefficient (Wildman–Crippen LogP) is 2.94. The molecule has 0 unspecified atom stereocenters. The van der Waals surface area contributed by atoms with Crippen LogP contribution in [0.25, 0.3) is 0 Å². The number of methoxy groups -OCH3 is 1. The Bertz CT molecular complexity index is 739. The standard InChI is InChI=1S/C12H10INO4S2/c1-18-12(15)10-5-6-19-11(10)14-20(16,17)9-4-2-3-8(13)7-9/h2-7,14H,1H3. The van der Waals surface area contributed by atoms with Gasteiger partial charge in [0.1, 0.15) is 5.00 Å². The third kappa shape index (κ3) is 3.30. The minimum absolute atomic E-state index is 0.147. The van der Waals surface area contributed by atoms with Crippen molar-refractivity contribution in [1.82, 2.24) is 0 Å². The summed E-state index contributed by atoms with van der Waals surface area (Å²) >= 11 is 3.16. The summed E-state index contributed by atoms with van der Waals surface area (Å²) in [6, 6.07) is 8.02. The molecule has 0 aliphatic heterocycles. The fraction of sp³-hybridized carbons (Fsp3) is 0.0833. The van der Waals surface area contributed by atoms with E-state index in [0.717, 1.165) is 14.9 Å². The summed E-state index contributed by atoms with van der Waals surface area (Å²) < 4.78 is 32.3. The van der Waals surface area contributed by atoms with E-state index in [1.54, 1.807) is 23.6 Å². The number of esters is 1. The molecule has 2 aromatic rings. The van der Waals surface area contributed by atoms with Crippen molar-refractivity contribution in [3.05, 3.63) is 44.8 Å². The van der Waals surface area contributed by atoms with Gasteiger partial charge in [-0.15, -0.1) is 11.3 Å². The molecular formula is C12H10INO4S2. The molecule has 0 atom stereocenters. The lowest BCUT2D eigenvalue weighted by Crippen LogP contribution is -2.14. The fourth-order valence-corrected chi connectivity index (χ4v) is 4.38. The molecular weight excluding hydrogens is 413 g/mol. The summed E-state index contributed by atoms with van der Waals surface area (Å²) in [6.07, 6.45) is 0. The van der Waals surface area contributed by atoms with Gasteiger partial charge < -0.3 is 4.74 Å². The van der Waals surface area contributed by atoms with Crippen LogP contribution in [-0.2, 0) is 14.8 Å². The molecule has 0 spiro atoms. The van der Waals surface area contributed by atoms with E-state index in [0.29, 0.717) is 0 Å². The Morgan fingerprint density at radius 3 is 2.75 bits per heavy atom. The Hall–Kier alpha value is -1.13. The molecule has 1 aromatic heterocycles. The number of rotatable bonds is 4. The van der Waals surface area contributed by atoms with E-state index in [2.05, 4.69) is 9.46 Å². The molecule has 106 valence electrons. The number of benzene rings is 1. The van der Waals surface area contributed by atoms with Crippen LogP contribution < -0.4 is 4.72 Å². The van der Waals surface area contributed by atoms with E-state index < -0.39 is 16.0 Å². The summed E-state index contributed by atoms with van der Waals surface area (Å²) in [6.45, 7) is 0. The van der Waals surface area contributed by atoms with Crippen LogP contribution in [0.15, 0.2) is 40.6 Å². The molecule has 2 rings (SSSR count). The summed E-state index contributed by atoms with van der Waals surface area (Å²) in [7, 11) is -2.47. The Balaban J connectivity index is 2.34. The highest BCUT2D eigenvalue weighted by molar-refractivity contribution is 14.1. The lowest BCUT2D eigenvalue weighted by atomic mass is 10.3. The number of thiophene rings is 1. The van der Waals surface area contributed by atoms with Crippen molar-refractivity contribution in [2.75, 3.05) is 11.8 Å². The zero-order chi connectivity index (χ0) is 14.8. The first-order chi connectivity index (χ1) is 9.44. The topological polar surface area (TPSA) is 72.5 Å². The fourth-order valence-electron chi connectivity index (χ4n) is 1.47. The SMILES string of the molecule is COC(=O)c1ccsc1NS(=O)(=O)c1cccc(I)c1. The Kier molecular flexibility index (Phi) is 4.66. The van der Waals surface area contributed by atoms with E-state index in [1.807, 2.05) is 22.6 Å². The molecule has 0 saturated carbocycles. The highest BCUT2D eigenvalue weighted by atomic mass is 127. The number of carbonyl (C=O) groups is 1. The quantitative estimate of drug-likeness (QED) is 0.607. The third-order valence-electron chi connectivity index (χ3n) is 2.40. The van der Waals surface area contributed by atoms with Crippen molar-refractivity contribution < 1.29 is 17.9 Å². The van der Waals surface area contributed by atoms with Crippen molar-refractivity contribution in [2.45, 2.75) is 4.90 Å².